The van der Waals surface area contributed by atoms with Gasteiger partial charge in [0.25, 0.3) is 0 Å². The van der Waals surface area contributed by atoms with Gasteiger partial charge < -0.3 is 5.73 Å². The molecule has 4 nitrogen and oxygen atoms in total. The molecule has 0 aliphatic heterocycles. The molecule has 0 bridgehead atoms. The fraction of sp³-hybridized carbons (Fsp3) is 0.385. The molecule has 0 saturated carbocycles. The van der Waals surface area contributed by atoms with Crippen LogP contribution in [0.3, 0.4) is 0 Å². The van der Waals surface area contributed by atoms with Crippen molar-refractivity contribution in [1.29, 1.82) is 0 Å². The molecule has 0 saturated heterocycles. The van der Waals surface area contributed by atoms with Gasteiger partial charge in [0.1, 0.15) is 0 Å². The van der Waals surface area contributed by atoms with E-state index in [9.17, 15) is 0 Å². The lowest BCUT2D eigenvalue weighted by Gasteiger charge is -2.07. The first kappa shape index (κ1) is 13.0. The number of hydrogen-bond acceptors (Lipinski definition) is 2. The summed E-state index contributed by atoms with van der Waals surface area (Å²) >= 11 is 0. The summed E-state index contributed by atoms with van der Waals surface area (Å²) in [5.41, 5.74) is 16.7. The Morgan fingerprint density at radius 3 is 2.88 bits per heavy atom. The van der Waals surface area contributed by atoms with E-state index in [-0.39, 0.29) is 0 Å². The monoisotopic (exact) mass is 228 g/mol. The molecule has 4 heteroatoms. The third kappa shape index (κ3) is 4.10. The first-order valence-electron chi connectivity index (χ1n) is 5.54. The van der Waals surface area contributed by atoms with Crippen molar-refractivity contribution >= 4 is 5.69 Å². The van der Waals surface area contributed by atoms with E-state index in [0.29, 0.717) is 24.6 Å². The summed E-state index contributed by atoms with van der Waals surface area (Å²) in [5.74, 6) is 6.42. The van der Waals surface area contributed by atoms with Gasteiger partial charge in [0.05, 0.1) is 0 Å². The molecule has 0 aromatic heterocycles. The van der Waals surface area contributed by atoms with E-state index >= 15 is 0 Å². The second-order valence-electron chi connectivity index (χ2n) is 4.01. The number of anilines is 1. The van der Waals surface area contributed by atoms with Gasteiger partial charge in [-0.05, 0) is 29.1 Å². The highest BCUT2D eigenvalue weighted by Gasteiger charge is 2.01. The molecule has 1 aromatic carbocycles. The summed E-state index contributed by atoms with van der Waals surface area (Å²) in [6.45, 7) is 4.65. The number of hydrogen-bond donors (Lipinski definition) is 1. The third-order valence-corrected chi connectivity index (χ3v) is 2.37. The van der Waals surface area contributed by atoms with Crippen LogP contribution in [0.5, 0.6) is 0 Å². The second-order valence-corrected chi connectivity index (χ2v) is 4.01. The normalized spacial score (nSPS) is 9.35. The Morgan fingerprint density at radius 2 is 2.24 bits per heavy atom. The number of nitrogens with two attached hydrogens (primary N) is 1. The molecular weight excluding hydrogens is 212 g/mol. The van der Waals surface area contributed by atoms with Crippen LogP contribution in [-0.2, 0) is 0 Å². The van der Waals surface area contributed by atoms with E-state index in [1.807, 2.05) is 18.2 Å². The highest BCUT2D eigenvalue weighted by molar-refractivity contribution is 5.57. The standard InChI is InChI=1S/C13H16N4/c1-10(2)11-6-7-13(14)12(9-11)5-3-4-8-16-17-15/h6-7,9-10H,4,8,14H2,1-2H3. The molecule has 0 fully saturated rings. The Labute approximate surface area is 101 Å². The molecule has 0 spiro atoms. The van der Waals surface area contributed by atoms with Crippen molar-refractivity contribution in [2.24, 2.45) is 5.11 Å². The largest absolute Gasteiger partial charge is 0.398 e. The van der Waals surface area contributed by atoms with Gasteiger partial charge in [-0.3, -0.25) is 0 Å². The fourth-order valence-corrected chi connectivity index (χ4v) is 1.35. The molecule has 0 aliphatic carbocycles. The maximum atomic E-state index is 8.11. The highest BCUT2D eigenvalue weighted by atomic mass is 15.1. The van der Waals surface area contributed by atoms with Crippen LogP contribution in [0.25, 0.3) is 10.4 Å². The van der Waals surface area contributed by atoms with E-state index in [1.165, 1.54) is 5.56 Å². The summed E-state index contributed by atoms with van der Waals surface area (Å²) in [7, 11) is 0. The minimum Gasteiger partial charge on any atom is -0.398 e. The Morgan fingerprint density at radius 1 is 1.47 bits per heavy atom. The van der Waals surface area contributed by atoms with Crippen LogP contribution in [0, 0.1) is 11.8 Å². The summed E-state index contributed by atoms with van der Waals surface area (Å²) < 4.78 is 0. The molecule has 17 heavy (non-hydrogen) atoms. The maximum absolute atomic E-state index is 8.11. The maximum Gasteiger partial charge on any atom is 0.0477 e. The van der Waals surface area contributed by atoms with Gasteiger partial charge in [-0.25, -0.2) is 0 Å². The highest BCUT2D eigenvalue weighted by Crippen LogP contribution is 2.19. The first-order valence-corrected chi connectivity index (χ1v) is 5.54. The molecule has 1 rings (SSSR count). The third-order valence-electron chi connectivity index (χ3n) is 2.37. The fourth-order valence-electron chi connectivity index (χ4n) is 1.35. The van der Waals surface area contributed by atoms with Gasteiger partial charge >= 0.3 is 0 Å². The predicted octanol–water partition coefficient (Wildman–Crippen LogP) is 3.44. The van der Waals surface area contributed by atoms with Crippen molar-refractivity contribution < 1.29 is 0 Å². The topological polar surface area (TPSA) is 74.8 Å². The number of benzene rings is 1. The number of nitrogens with zero attached hydrogens (tertiary/aromatic N) is 3. The Bertz CT molecular complexity index is 488. The Balaban J connectivity index is 2.82. The van der Waals surface area contributed by atoms with Crippen LogP contribution in [-0.4, -0.2) is 6.54 Å². The molecule has 88 valence electrons. The van der Waals surface area contributed by atoms with E-state index < -0.39 is 0 Å². The average Bonchev–Trinajstić information content (AvgIpc) is 2.30. The van der Waals surface area contributed by atoms with Crippen LogP contribution in [0.4, 0.5) is 5.69 Å². The average molecular weight is 228 g/mol. The SMILES string of the molecule is CC(C)c1ccc(N)c(C#CCCN=[N+]=[N-])c1. The van der Waals surface area contributed by atoms with Gasteiger partial charge in [0.2, 0.25) is 0 Å². The summed E-state index contributed by atoms with van der Waals surface area (Å²) in [5, 5.41) is 3.42. The Kier molecular flexibility index (Phi) is 4.93. The van der Waals surface area contributed by atoms with Crippen molar-refractivity contribution in [2.75, 3.05) is 12.3 Å². The van der Waals surface area contributed by atoms with Crippen LogP contribution < -0.4 is 5.73 Å². The molecule has 0 heterocycles. The second kappa shape index (κ2) is 6.47. The van der Waals surface area contributed by atoms with Crippen molar-refractivity contribution in [3.8, 4) is 11.8 Å². The summed E-state index contributed by atoms with van der Waals surface area (Å²) in [6, 6.07) is 5.92. The lowest BCUT2D eigenvalue weighted by Crippen LogP contribution is -1.94. The zero-order valence-corrected chi connectivity index (χ0v) is 10.1. The molecule has 2 N–H and O–H groups in total. The van der Waals surface area contributed by atoms with Gasteiger partial charge in [0.15, 0.2) is 0 Å². The molecule has 0 radical (unpaired) electrons. The van der Waals surface area contributed by atoms with Crippen molar-refractivity contribution in [3.63, 3.8) is 0 Å². The lowest BCUT2D eigenvalue weighted by atomic mass is 10.00. The summed E-state index contributed by atoms with van der Waals surface area (Å²) in [6.07, 6.45) is 0.551. The van der Waals surface area contributed by atoms with Gasteiger partial charge in [-0.15, -0.1) is 0 Å². The van der Waals surface area contributed by atoms with Crippen LogP contribution in [0.2, 0.25) is 0 Å². The Hall–Kier alpha value is -2.11. The minimum atomic E-state index is 0.396. The zero-order valence-electron chi connectivity index (χ0n) is 10.1. The van der Waals surface area contributed by atoms with Crippen molar-refractivity contribution in [1.82, 2.24) is 0 Å². The smallest absolute Gasteiger partial charge is 0.0477 e. The summed E-state index contributed by atoms with van der Waals surface area (Å²) in [4.78, 5) is 2.67. The van der Waals surface area contributed by atoms with Crippen LogP contribution in [0.1, 0.15) is 37.3 Å². The number of azide groups is 1. The zero-order chi connectivity index (χ0) is 12.7. The molecule has 0 amide bonds. The van der Waals surface area contributed by atoms with Crippen molar-refractivity contribution in [2.45, 2.75) is 26.2 Å². The molecule has 0 aliphatic rings. The number of nitrogen functional groups attached to an aromatic ring is 1. The van der Waals surface area contributed by atoms with E-state index in [1.54, 1.807) is 0 Å². The van der Waals surface area contributed by atoms with E-state index in [0.717, 1.165) is 5.56 Å². The van der Waals surface area contributed by atoms with Gasteiger partial charge in [0, 0.05) is 29.1 Å². The van der Waals surface area contributed by atoms with Crippen molar-refractivity contribution in [3.05, 3.63) is 39.8 Å². The van der Waals surface area contributed by atoms with E-state index in [2.05, 4.69) is 35.7 Å². The molecule has 0 atom stereocenters. The van der Waals surface area contributed by atoms with Crippen LogP contribution in [0.15, 0.2) is 23.3 Å². The predicted molar refractivity (Wildman–Crippen MR) is 70.5 cm³/mol. The van der Waals surface area contributed by atoms with Crippen LogP contribution >= 0.6 is 0 Å². The van der Waals surface area contributed by atoms with Gasteiger partial charge in [-0.2, -0.15) is 0 Å². The minimum absolute atomic E-state index is 0.396. The molecule has 1 aromatic rings. The van der Waals surface area contributed by atoms with E-state index in [4.69, 9.17) is 11.3 Å². The first-order chi connectivity index (χ1) is 8.15. The quantitative estimate of drug-likeness (QED) is 0.211. The molecular formula is C13H16N4. The number of rotatable bonds is 3. The molecule has 0 unspecified atom stereocenters. The van der Waals surface area contributed by atoms with Gasteiger partial charge in [-0.1, -0.05) is 36.9 Å². The lowest BCUT2D eigenvalue weighted by molar-refractivity contribution is 0.866.